The standard InChI is InChI=1S/C18H33NO6/c1-18(2,3)25-17(21)19-12-16(13-19)24-9-5-7-22-6-4-8-23-15-10-14(20)11-15/h14-16,20H,4-13H2,1-3H3/t14-,15-. The summed E-state index contributed by atoms with van der Waals surface area (Å²) in [6, 6.07) is 0. The summed E-state index contributed by atoms with van der Waals surface area (Å²) in [5.41, 5.74) is -0.454. The molecule has 1 aliphatic carbocycles. The van der Waals surface area contributed by atoms with Gasteiger partial charge in [-0.2, -0.15) is 0 Å². The Morgan fingerprint density at radius 1 is 1.00 bits per heavy atom. The molecule has 1 N–H and O–H groups in total. The summed E-state index contributed by atoms with van der Waals surface area (Å²) in [5.74, 6) is 0. The van der Waals surface area contributed by atoms with Gasteiger partial charge in [0, 0.05) is 26.4 Å². The molecule has 2 aliphatic rings. The molecule has 2 rings (SSSR count). The number of amides is 1. The van der Waals surface area contributed by atoms with E-state index in [1.54, 1.807) is 4.90 Å². The molecule has 0 aromatic heterocycles. The Labute approximate surface area is 150 Å². The lowest BCUT2D eigenvalue weighted by Crippen LogP contribution is -2.56. The smallest absolute Gasteiger partial charge is 0.410 e. The maximum absolute atomic E-state index is 11.8. The highest BCUT2D eigenvalue weighted by atomic mass is 16.6. The minimum absolute atomic E-state index is 0.110. The average Bonchev–Trinajstić information content (AvgIpc) is 2.42. The summed E-state index contributed by atoms with van der Waals surface area (Å²) < 4.78 is 22.1. The number of rotatable bonds is 10. The summed E-state index contributed by atoms with van der Waals surface area (Å²) in [4.78, 5) is 13.4. The maximum atomic E-state index is 11.8. The molecule has 1 aliphatic heterocycles. The molecule has 0 atom stereocenters. The van der Waals surface area contributed by atoms with Crippen LogP contribution in [0.4, 0.5) is 4.79 Å². The van der Waals surface area contributed by atoms with Crippen LogP contribution in [0, 0.1) is 0 Å². The zero-order valence-corrected chi connectivity index (χ0v) is 15.7. The van der Waals surface area contributed by atoms with Gasteiger partial charge >= 0.3 is 6.09 Å². The molecule has 0 aromatic rings. The molecule has 1 saturated heterocycles. The first-order chi connectivity index (χ1) is 11.8. The minimum Gasteiger partial charge on any atom is -0.444 e. The zero-order valence-electron chi connectivity index (χ0n) is 15.7. The first-order valence-electron chi connectivity index (χ1n) is 9.30. The van der Waals surface area contributed by atoms with Gasteiger partial charge in [0.05, 0.1) is 31.4 Å². The molecule has 0 spiro atoms. The molecule has 2 fully saturated rings. The molecule has 146 valence electrons. The fourth-order valence-electron chi connectivity index (χ4n) is 2.62. The van der Waals surface area contributed by atoms with Crippen molar-refractivity contribution in [2.45, 2.75) is 70.4 Å². The highest BCUT2D eigenvalue weighted by molar-refractivity contribution is 5.69. The van der Waals surface area contributed by atoms with Crippen LogP contribution in [0.25, 0.3) is 0 Å². The minimum atomic E-state index is -0.454. The van der Waals surface area contributed by atoms with E-state index in [-0.39, 0.29) is 24.4 Å². The summed E-state index contributed by atoms with van der Waals surface area (Å²) in [6.07, 6.45) is 3.18. The second-order valence-corrected chi connectivity index (χ2v) is 7.82. The number of aliphatic hydroxyl groups excluding tert-OH is 1. The van der Waals surface area contributed by atoms with Gasteiger partial charge in [-0.05, 0) is 46.5 Å². The number of carbonyl (C=O) groups is 1. The monoisotopic (exact) mass is 359 g/mol. The van der Waals surface area contributed by atoms with Crippen LogP contribution in [-0.2, 0) is 18.9 Å². The van der Waals surface area contributed by atoms with Crippen molar-refractivity contribution in [2.75, 3.05) is 39.5 Å². The summed E-state index contributed by atoms with van der Waals surface area (Å²) in [6.45, 7) is 9.48. The molecule has 1 saturated carbocycles. The lowest BCUT2D eigenvalue weighted by molar-refractivity contribution is -0.0761. The molecular formula is C18H33NO6. The number of hydrogen-bond donors (Lipinski definition) is 1. The van der Waals surface area contributed by atoms with Crippen molar-refractivity contribution in [2.24, 2.45) is 0 Å². The Balaban J connectivity index is 1.33. The van der Waals surface area contributed by atoms with E-state index in [9.17, 15) is 4.79 Å². The quantitative estimate of drug-likeness (QED) is 0.601. The van der Waals surface area contributed by atoms with Crippen LogP contribution in [-0.4, -0.2) is 79.5 Å². The van der Waals surface area contributed by atoms with Crippen molar-refractivity contribution >= 4 is 6.09 Å². The van der Waals surface area contributed by atoms with Crippen LogP contribution in [0.15, 0.2) is 0 Å². The second kappa shape index (κ2) is 9.71. The highest BCUT2D eigenvalue weighted by Crippen LogP contribution is 2.22. The van der Waals surface area contributed by atoms with E-state index in [0.29, 0.717) is 39.5 Å². The number of nitrogens with zero attached hydrogens (tertiary/aromatic N) is 1. The van der Waals surface area contributed by atoms with Gasteiger partial charge < -0.3 is 29.0 Å². The Morgan fingerprint density at radius 2 is 1.56 bits per heavy atom. The van der Waals surface area contributed by atoms with E-state index < -0.39 is 5.60 Å². The second-order valence-electron chi connectivity index (χ2n) is 7.82. The molecule has 0 unspecified atom stereocenters. The van der Waals surface area contributed by atoms with E-state index in [4.69, 9.17) is 24.1 Å². The number of hydrogen-bond acceptors (Lipinski definition) is 6. The van der Waals surface area contributed by atoms with E-state index in [0.717, 1.165) is 25.7 Å². The highest BCUT2D eigenvalue weighted by Gasteiger charge is 2.34. The molecule has 0 bridgehead atoms. The number of ether oxygens (including phenoxy) is 4. The molecule has 7 heteroatoms. The average molecular weight is 359 g/mol. The van der Waals surface area contributed by atoms with Crippen molar-refractivity contribution in [3.63, 3.8) is 0 Å². The third-order valence-corrected chi connectivity index (χ3v) is 4.14. The van der Waals surface area contributed by atoms with E-state index >= 15 is 0 Å². The van der Waals surface area contributed by atoms with Gasteiger partial charge in [0.1, 0.15) is 5.60 Å². The summed E-state index contributed by atoms with van der Waals surface area (Å²) in [7, 11) is 0. The molecule has 0 radical (unpaired) electrons. The molecule has 0 aromatic carbocycles. The molecular weight excluding hydrogens is 326 g/mol. The zero-order chi connectivity index (χ0) is 18.3. The van der Waals surface area contributed by atoms with Crippen LogP contribution < -0.4 is 0 Å². The van der Waals surface area contributed by atoms with E-state index in [1.807, 2.05) is 20.8 Å². The van der Waals surface area contributed by atoms with Gasteiger partial charge in [-0.1, -0.05) is 0 Å². The number of likely N-dealkylation sites (tertiary alicyclic amines) is 1. The van der Waals surface area contributed by atoms with Gasteiger partial charge in [0.25, 0.3) is 0 Å². The Bertz CT molecular complexity index is 399. The predicted molar refractivity (Wildman–Crippen MR) is 92.6 cm³/mol. The molecule has 7 nitrogen and oxygen atoms in total. The lowest BCUT2D eigenvalue weighted by Gasteiger charge is -2.39. The molecule has 1 amide bonds. The normalized spacial score (nSPS) is 23.9. The van der Waals surface area contributed by atoms with Crippen molar-refractivity contribution in [3.05, 3.63) is 0 Å². The van der Waals surface area contributed by atoms with Gasteiger partial charge in [0.2, 0.25) is 0 Å². The summed E-state index contributed by atoms with van der Waals surface area (Å²) >= 11 is 0. The Kier molecular flexibility index (Phi) is 7.93. The van der Waals surface area contributed by atoms with Crippen LogP contribution in [0.5, 0.6) is 0 Å². The van der Waals surface area contributed by atoms with Crippen LogP contribution >= 0.6 is 0 Å². The first kappa shape index (κ1) is 20.4. The first-order valence-corrected chi connectivity index (χ1v) is 9.30. The van der Waals surface area contributed by atoms with Crippen molar-refractivity contribution in [3.8, 4) is 0 Å². The third-order valence-electron chi connectivity index (χ3n) is 4.14. The fourth-order valence-corrected chi connectivity index (χ4v) is 2.62. The maximum Gasteiger partial charge on any atom is 0.410 e. The van der Waals surface area contributed by atoms with Gasteiger partial charge in [-0.15, -0.1) is 0 Å². The van der Waals surface area contributed by atoms with Gasteiger partial charge in [-0.3, -0.25) is 0 Å². The van der Waals surface area contributed by atoms with E-state index in [1.165, 1.54) is 0 Å². The topological polar surface area (TPSA) is 77.5 Å². The van der Waals surface area contributed by atoms with Gasteiger partial charge in [0.15, 0.2) is 0 Å². The predicted octanol–water partition coefficient (Wildman–Crippen LogP) is 1.96. The lowest BCUT2D eigenvalue weighted by atomic mass is 9.92. The SMILES string of the molecule is CC(C)(C)OC(=O)N1CC(OCCCOCCCO[C@H]2C[C@H](O)C2)C1. The van der Waals surface area contributed by atoms with Crippen molar-refractivity contribution < 1.29 is 28.8 Å². The largest absolute Gasteiger partial charge is 0.444 e. The van der Waals surface area contributed by atoms with Crippen LogP contribution in [0.1, 0.15) is 46.5 Å². The van der Waals surface area contributed by atoms with Crippen molar-refractivity contribution in [1.29, 1.82) is 0 Å². The van der Waals surface area contributed by atoms with Crippen LogP contribution in [0.3, 0.4) is 0 Å². The Morgan fingerprint density at radius 3 is 2.08 bits per heavy atom. The number of aliphatic hydroxyl groups is 1. The third kappa shape index (κ3) is 7.90. The van der Waals surface area contributed by atoms with Crippen LogP contribution in [0.2, 0.25) is 0 Å². The number of carbonyl (C=O) groups excluding carboxylic acids is 1. The summed E-state index contributed by atoms with van der Waals surface area (Å²) in [5, 5.41) is 9.15. The van der Waals surface area contributed by atoms with E-state index in [2.05, 4.69) is 0 Å². The Hall–Kier alpha value is -0.890. The fraction of sp³-hybridized carbons (Fsp3) is 0.944. The van der Waals surface area contributed by atoms with Crippen molar-refractivity contribution in [1.82, 2.24) is 4.90 Å². The molecule has 1 heterocycles. The molecule has 25 heavy (non-hydrogen) atoms. The van der Waals surface area contributed by atoms with Gasteiger partial charge in [-0.25, -0.2) is 4.79 Å².